The largest absolute Gasteiger partial charge is 0.310 e. The van der Waals surface area contributed by atoms with Crippen molar-refractivity contribution in [1.29, 1.82) is 0 Å². The molecule has 88 valence electrons. The van der Waals surface area contributed by atoms with Gasteiger partial charge in [0.05, 0.1) is 12.0 Å². The molecule has 0 bridgehead atoms. The summed E-state index contributed by atoms with van der Waals surface area (Å²) in [5.41, 5.74) is 1.00. The molecule has 2 aliphatic rings. The van der Waals surface area contributed by atoms with Crippen LogP contribution >= 0.6 is 0 Å². The molecule has 1 heterocycles. The lowest BCUT2D eigenvalue weighted by atomic mass is 9.83. The van der Waals surface area contributed by atoms with Crippen LogP contribution in [-0.4, -0.2) is 17.8 Å². The average Bonchev–Trinajstić information content (AvgIpc) is 2.40. The number of benzene rings is 1. The van der Waals surface area contributed by atoms with Gasteiger partial charge in [-0.15, -0.1) is 0 Å². The summed E-state index contributed by atoms with van der Waals surface area (Å²) in [5.74, 6) is 1.01. The van der Waals surface area contributed by atoms with Gasteiger partial charge in [-0.1, -0.05) is 43.2 Å². The minimum absolute atomic E-state index is 0.108. The third-order valence-electron chi connectivity index (χ3n) is 3.65. The molecule has 1 fully saturated rings. The topological polar surface area (TPSA) is 41.5 Å². The number of carbonyl (C=O) groups is 1. The number of aliphatic imine (C=N–C) groups is 1. The van der Waals surface area contributed by atoms with E-state index in [4.69, 9.17) is 4.99 Å². The molecule has 0 radical (unpaired) electrons. The van der Waals surface area contributed by atoms with Gasteiger partial charge in [0.15, 0.2) is 0 Å². The first-order valence-electron chi connectivity index (χ1n) is 6.29. The first-order chi connectivity index (χ1) is 8.34. The number of amides is 1. The van der Waals surface area contributed by atoms with Gasteiger partial charge in [0.1, 0.15) is 5.84 Å². The molecule has 2 atom stereocenters. The van der Waals surface area contributed by atoms with Gasteiger partial charge in [-0.2, -0.15) is 0 Å². The molecular weight excluding hydrogens is 212 g/mol. The zero-order chi connectivity index (χ0) is 11.7. The molecule has 17 heavy (non-hydrogen) atoms. The fourth-order valence-corrected chi connectivity index (χ4v) is 2.72. The highest BCUT2D eigenvalue weighted by atomic mass is 16.2. The Kier molecular flexibility index (Phi) is 2.67. The molecule has 1 aliphatic heterocycles. The molecule has 1 aliphatic carbocycles. The van der Waals surface area contributed by atoms with E-state index in [1.165, 1.54) is 6.42 Å². The zero-order valence-electron chi connectivity index (χ0n) is 9.73. The van der Waals surface area contributed by atoms with Crippen molar-refractivity contribution in [1.82, 2.24) is 5.32 Å². The first kappa shape index (κ1) is 10.5. The minimum Gasteiger partial charge on any atom is -0.310 e. The summed E-state index contributed by atoms with van der Waals surface area (Å²) in [6, 6.07) is 10.1. The highest BCUT2D eigenvalue weighted by Gasteiger charge is 2.34. The maximum Gasteiger partial charge on any atom is 0.230 e. The third-order valence-corrected chi connectivity index (χ3v) is 3.65. The Balaban J connectivity index is 1.92. The van der Waals surface area contributed by atoms with Crippen LogP contribution in [0.25, 0.3) is 0 Å². The molecule has 3 rings (SSSR count). The summed E-state index contributed by atoms with van der Waals surface area (Å²) in [4.78, 5) is 16.7. The van der Waals surface area contributed by atoms with Gasteiger partial charge in [0.25, 0.3) is 0 Å². The maximum absolute atomic E-state index is 12.0. The van der Waals surface area contributed by atoms with E-state index in [0.29, 0.717) is 0 Å². The minimum atomic E-state index is 0.108. The van der Waals surface area contributed by atoms with Crippen LogP contribution in [0.15, 0.2) is 35.3 Å². The maximum atomic E-state index is 12.0. The van der Waals surface area contributed by atoms with E-state index in [1.54, 1.807) is 0 Å². The number of fused-ring (bicyclic) bond motifs is 1. The number of amidine groups is 1. The zero-order valence-corrected chi connectivity index (χ0v) is 9.73. The van der Waals surface area contributed by atoms with Crippen molar-refractivity contribution >= 4 is 11.7 Å². The van der Waals surface area contributed by atoms with Gasteiger partial charge >= 0.3 is 0 Å². The molecule has 0 spiro atoms. The van der Waals surface area contributed by atoms with Crippen LogP contribution in [-0.2, 0) is 4.79 Å². The first-order valence-corrected chi connectivity index (χ1v) is 6.29. The molecular formula is C14H16N2O. The number of rotatable bonds is 1. The normalized spacial score (nSPS) is 28.0. The molecule has 1 N–H and O–H groups in total. The van der Waals surface area contributed by atoms with Crippen molar-refractivity contribution in [2.24, 2.45) is 10.9 Å². The summed E-state index contributed by atoms with van der Waals surface area (Å²) in [5, 5.41) is 2.94. The molecule has 1 amide bonds. The molecule has 3 nitrogen and oxygen atoms in total. The lowest BCUT2D eigenvalue weighted by Crippen LogP contribution is -2.47. The number of nitrogens with zero attached hydrogens (tertiary/aromatic N) is 1. The van der Waals surface area contributed by atoms with E-state index in [-0.39, 0.29) is 17.9 Å². The van der Waals surface area contributed by atoms with Crippen LogP contribution in [0.3, 0.4) is 0 Å². The van der Waals surface area contributed by atoms with Crippen molar-refractivity contribution in [3.8, 4) is 0 Å². The summed E-state index contributed by atoms with van der Waals surface area (Å²) < 4.78 is 0. The van der Waals surface area contributed by atoms with Gasteiger partial charge < -0.3 is 5.32 Å². The van der Waals surface area contributed by atoms with Crippen LogP contribution in [0.2, 0.25) is 0 Å². The SMILES string of the molecule is O=C1NC(c2ccccc2)=N[C@H]2CCCC[C@H]12. The molecule has 0 unspecified atom stereocenters. The number of hydrogen-bond acceptors (Lipinski definition) is 2. The van der Waals surface area contributed by atoms with E-state index in [1.807, 2.05) is 30.3 Å². The predicted molar refractivity (Wildman–Crippen MR) is 66.9 cm³/mol. The highest BCUT2D eigenvalue weighted by molar-refractivity contribution is 6.10. The van der Waals surface area contributed by atoms with Crippen LogP contribution in [0.1, 0.15) is 31.2 Å². The lowest BCUT2D eigenvalue weighted by molar-refractivity contribution is -0.125. The monoisotopic (exact) mass is 228 g/mol. The van der Waals surface area contributed by atoms with Gasteiger partial charge in [-0.3, -0.25) is 9.79 Å². The standard InChI is InChI=1S/C14H16N2O/c17-14-11-8-4-5-9-12(11)15-13(16-14)10-6-2-1-3-7-10/h1-3,6-7,11-12H,4-5,8-9H2,(H,15,16,17)/t11-,12-/m0/s1. The van der Waals surface area contributed by atoms with E-state index >= 15 is 0 Å². The second-order valence-corrected chi connectivity index (χ2v) is 4.79. The molecule has 1 saturated carbocycles. The Labute approximate surface area is 101 Å². The van der Waals surface area contributed by atoms with Crippen LogP contribution in [0, 0.1) is 5.92 Å². The molecule has 1 aromatic rings. The van der Waals surface area contributed by atoms with E-state index in [9.17, 15) is 4.79 Å². The summed E-state index contributed by atoms with van der Waals surface area (Å²) in [6.07, 6.45) is 4.39. The van der Waals surface area contributed by atoms with Crippen molar-refractivity contribution in [3.63, 3.8) is 0 Å². The Bertz CT molecular complexity index is 453. The van der Waals surface area contributed by atoms with E-state index in [0.717, 1.165) is 30.7 Å². The quantitative estimate of drug-likeness (QED) is 0.786. The summed E-state index contributed by atoms with van der Waals surface area (Å²) >= 11 is 0. The second-order valence-electron chi connectivity index (χ2n) is 4.79. The van der Waals surface area contributed by atoms with E-state index in [2.05, 4.69) is 5.32 Å². The highest BCUT2D eigenvalue weighted by Crippen LogP contribution is 2.29. The van der Waals surface area contributed by atoms with Crippen LogP contribution in [0.4, 0.5) is 0 Å². The Morgan fingerprint density at radius 1 is 1.12 bits per heavy atom. The van der Waals surface area contributed by atoms with Crippen molar-refractivity contribution in [2.75, 3.05) is 0 Å². The second kappa shape index (κ2) is 4.32. The number of carbonyl (C=O) groups excluding carboxylic acids is 1. The fourth-order valence-electron chi connectivity index (χ4n) is 2.72. The van der Waals surface area contributed by atoms with Gasteiger partial charge in [-0.25, -0.2) is 0 Å². The molecule has 0 aromatic heterocycles. The van der Waals surface area contributed by atoms with Crippen LogP contribution in [0.5, 0.6) is 0 Å². The van der Waals surface area contributed by atoms with Crippen molar-refractivity contribution in [3.05, 3.63) is 35.9 Å². The van der Waals surface area contributed by atoms with Crippen molar-refractivity contribution < 1.29 is 4.79 Å². The molecule has 3 heteroatoms. The third kappa shape index (κ3) is 1.97. The van der Waals surface area contributed by atoms with Gasteiger partial charge in [0.2, 0.25) is 5.91 Å². The Hall–Kier alpha value is -1.64. The summed E-state index contributed by atoms with van der Waals surface area (Å²) in [7, 11) is 0. The Morgan fingerprint density at radius 3 is 2.71 bits per heavy atom. The average molecular weight is 228 g/mol. The fraction of sp³-hybridized carbons (Fsp3) is 0.429. The number of nitrogens with one attached hydrogen (secondary N) is 1. The van der Waals surface area contributed by atoms with Gasteiger partial charge in [0, 0.05) is 5.56 Å². The van der Waals surface area contributed by atoms with Crippen molar-refractivity contribution in [2.45, 2.75) is 31.7 Å². The lowest BCUT2D eigenvalue weighted by Gasteiger charge is -2.32. The molecule has 1 aromatic carbocycles. The summed E-state index contributed by atoms with van der Waals surface area (Å²) in [6.45, 7) is 0. The van der Waals surface area contributed by atoms with Gasteiger partial charge in [-0.05, 0) is 12.8 Å². The Morgan fingerprint density at radius 2 is 1.88 bits per heavy atom. The molecule has 0 saturated heterocycles. The number of hydrogen-bond donors (Lipinski definition) is 1. The predicted octanol–water partition coefficient (Wildman–Crippen LogP) is 2.12. The smallest absolute Gasteiger partial charge is 0.230 e. The van der Waals surface area contributed by atoms with Crippen LogP contribution < -0.4 is 5.32 Å². The van der Waals surface area contributed by atoms with E-state index < -0.39 is 0 Å².